The number of nitrogens with zero attached hydrogens (tertiary/aromatic N) is 1. The first kappa shape index (κ1) is 22.2. The number of carbonyl (C=O) groups excluding carboxylic acids is 1. The molecule has 3 aromatic rings. The van der Waals surface area contributed by atoms with Crippen LogP contribution in [-0.4, -0.2) is 18.6 Å². The average Bonchev–Trinajstić information content (AvgIpc) is 2.75. The van der Waals surface area contributed by atoms with E-state index >= 15 is 0 Å². The molecule has 0 aliphatic heterocycles. The van der Waals surface area contributed by atoms with Gasteiger partial charge in [0.2, 0.25) is 0 Å². The molecule has 0 fully saturated rings. The van der Waals surface area contributed by atoms with Crippen LogP contribution < -0.4 is 16.0 Å². The highest BCUT2D eigenvalue weighted by Gasteiger charge is 2.24. The molecular weight excluding hydrogens is 417 g/mol. The number of halogens is 2. The van der Waals surface area contributed by atoms with Crippen molar-refractivity contribution in [1.82, 2.24) is 5.32 Å². The van der Waals surface area contributed by atoms with Crippen LogP contribution in [0.2, 0.25) is 10.0 Å². The largest absolute Gasteiger partial charge is 0.351 e. The van der Waals surface area contributed by atoms with Crippen molar-refractivity contribution in [2.45, 2.75) is 25.4 Å². The van der Waals surface area contributed by atoms with Crippen LogP contribution >= 0.6 is 23.2 Å². The van der Waals surface area contributed by atoms with Crippen molar-refractivity contribution < 1.29 is 4.79 Å². The molecule has 3 N–H and O–H groups in total. The van der Waals surface area contributed by atoms with Crippen LogP contribution in [0, 0.1) is 0 Å². The average molecular weight is 442 g/mol. The molecule has 3 aromatic carbocycles. The van der Waals surface area contributed by atoms with E-state index in [0.29, 0.717) is 28.8 Å². The second-order valence-electron chi connectivity index (χ2n) is 7.10. The predicted molar refractivity (Wildman–Crippen MR) is 125 cm³/mol. The maximum absolute atomic E-state index is 12.4. The Labute approximate surface area is 187 Å². The molecule has 156 valence electrons. The Balaban J connectivity index is 1.78. The third-order valence-electron chi connectivity index (χ3n) is 4.94. The highest BCUT2D eigenvalue weighted by Crippen LogP contribution is 2.29. The molecule has 6 heteroatoms. The number of primary amides is 1. The molecule has 0 radical (unpaired) electrons. The van der Waals surface area contributed by atoms with Crippen molar-refractivity contribution in [2.75, 3.05) is 11.4 Å². The van der Waals surface area contributed by atoms with Crippen LogP contribution in [0.5, 0.6) is 0 Å². The predicted octanol–water partition coefficient (Wildman–Crippen LogP) is 5.67. The van der Waals surface area contributed by atoms with Crippen LogP contribution in [0.15, 0.2) is 78.9 Å². The number of urea groups is 1. The maximum atomic E-state index is 12.4. The van der Waals surface area contributed by atoms with Crippen molar-refractivity contribution in [3.63, 3.8) is 0 Å². The molecule has 0 saturated carbocycles. The van der Waals surface area contributed by atoms with Gasteiger partial charge in [0.15, 0.2) is 0 Å². The SMILES string of the molecule is NC(=O)N(c1ccc(Cl)c(Cl)c1)C(CCc1ccccc1)CNCc1ccccc1. The topological polar surface area (TPSA) is 58.4 Å². The van der Waals surface area contributed by atoms with E-state index in [9.17, 15) is 4.79 Å². The Bertz CT molecular complexity index is 951. The third kappa shape index (κ3) is 6.23. The summed E-state index contributed by atoms with van der Waals surface area (Å²) in [5.41, 5.74) is 8.82. The molecule has 1 unspecified atom stereocenters. The summed E-state index contributed by atoms with van der Waals surface area (Å²) in [4.78, 5) is 14.0. The van der Waals surface area contributed by atoms with Gasteiger partial charge in [-0.25, -0.2) is 4.79 Å². The van der Waals surface area contributed by atoms with Gasteiger partial charge in [-0.1, -0.05) is 83.9 Å². The summed E-state index contributed by atoms with van der Waals surface area (Å²) < 4.78 is 0. The molecule has 30 heavy (non-hydrogen) atoms. The lowest BCUT2D eigenvalue weighted by Crippen LogP contribution is -2.48. The summed E-state index contributed by atoms with van der Waals surface area (Å²) in [6.45, 7) is 1.29. The summed E-state index contributed by atoms with van der Waals surface area (Å²) in [6.07, 6.45) is 1.57. The lowest BCUT2D eigenvalue weighted by molar-refractivity contribution is 0.251. The van der Waals surface area contributed by atoms with Crippen LogP contribution in [-0.2, 0) is 13.0 Å². The number of rotatable bonds is 9. The molecule has 0 aliphatic rings. The molecule has 2 amide bonds. The van der Waals surface area contributed by atoms with Gasteiger partial charge in [0, 0.05) is 18.8 Å². The molecule has 0 heterocycles. The number of aryl methyl sites for hydroxylation is 1. The zero-order chi connectivity index (χ0) is 21.3. The Morgan fingerprint density at radius 3 is 2.13 bits per heavy atom. The van der Waals surface area contributed by atoms with E-state index in [2.05, 4.69) is 29.6 Å². The van der Waals surface area contributed by atoms with Crippen LogP contribution in [0.25, 0.3) is 0 Å². The van der Waals surface area contributed by atoms with Crippen LogP contribution in [0.4, 0.5) is 10.5 Å². The van der Waals surface area contributed by atoms with Gasteiger partial charge in [0.25, 0.3) is 0 Å². The van der Waals surface area contributed by atoms with E-state index in [1.54, 1.807) is 23.1 Å². The van der Waals surface area contributed by atoms with E-state index < -0.39 is 6.03 Å². The fourth-order valence-electron chi connectivity index (χ4n) is 3.43. The molecule has 3 rings (SSSR count). The van der Waals surface area contributed by atoms with Crippen molar-refractivity contribution in [3.8, 4) is 0 Å². The normalized spacial score (nSPS) is 11.8. The van der Waals surface area contributed by atoms with Crippen LogP contribution in [0.3, 0.4) is 0 Å². The lowest BCUT2D eigenvalue weighted by Gasteiger charge is -2.31. The summed E-state index contributed by atoms with van der Waals surface area (Å²) in [7, 11) is 0. The van der Waals surface area contributed by atoms with Gasteiger partial charge in [-0.2, -0.15) is 0 Å². The van der Waals surface area contributed by atoms with Gasteiger partial charge < -0.3 is 11.1 Å². The third-order valence-corrected chi connectivity index (χ3v) is 5.68. The van der Waals surface area contributed by atoms with Gasteiger partial charge in [-0.05, 0) is 42.2 Å². The Morgan fingerprint density at radius 2 is 1.53 bits per heavy atom. The molecule has 0 aromatic heterocycles. The number of anilines is 1. The molecule has 0 saturated heterocycles. The number of benzene rings is 3. The van der Waals surface area contributed by atoms with Crippen molar-refractivity contribution in [3.05, 3.63) is 100 Å². The molecule has 4 nitrogen and oxygen atoms in total. The molecule has 0 bridgehead atoms. The molecule has 0 aliphatic carbocycles. The standard InChI is InChI=1S/C24H25Cl2N3O/c25-22-14-13-20(15-23(22)26)29(24(27)30)21(12-11-18-7-3-1-4-8-18)17-28-16-19-9-5-2-6-10-19/h1-10,13-15,21,28H,11-12,16-17H2,(H2,27,30). The lowest BCUT2D eigenvalue weighted by atomic mass is 10.0. The fraction of sp³-hybridized carbons (Fsp3) is 0.208. The summed E-state index contributed by atoms with van der Waals surface area (Å²) in [5.74, 6) is 0. The zero-order valence-electron chi connectivity index (χ0n) is 16.6. The minimum absolute atomic E-state index is 0.149. The highest BCUT2D eigenvalue weighted by atomic mass is 35.5. The monoisotopic (exact) mass is 441 g/mol. The van der Waals surface area contributed by atoms with Crippen LogP contribution in [0.1, 0.15) is 17.5 Å². The van der Waals surface area contributed by atoms with Gasteiger partial charge in [-0.15, -0.1) is 0 Å². The van der Waals surface area contributed by atoms with E-state index in [1.807, 2.05) is 36.4 Å². The second kappa shape index (κ2) is 11.0. The fourth-order valence-corrected chi connectivity index (χ4v) is 3.72. The second-order valence-corrected chi connectivity index (χ2v) is 7.92. The maximum Gasteiger partial charge on any atom is 0.319 e. The molecule has 0 spiro atoms. The minimum Gasteiger partial charge on any atom is -0.351 e. The Morgan fingerprint density at radius 1 is 0.900 bits per heavy atom. The Hall–Kier alpha value is -2.53. The number of amides is 2. The summed E-state index contributed by atoms with van der Waals surface area (Å²) in [6, 6.07) is 24.8. The molecule has 1 atom stereocenters. The highest BCUT2D eigenvalue weighted by molar-refractivity contribution is 6.42. The van der Waals surface area contributed by atoms with Crippen molar-refractivity contribution >= 4 is 34.9 Å². The summed E-state index contributed by atoms with van der Waals surface area (Å²) in [5, 5.41) is 4.29. The first-order valence-electron chi connectivity index (χ1n) is 9.87. The Kier molecular flexibility index (Phi) is 8.14. The first-order chi connectivity index (χ1) is 14.5. The number of hydrogen-bond acceptors (Lipinski definition) is 2. The first-order valence-corrected chi connectivity index (χ1v) is 10.6. The van der Waals surface area contributed by atoms with E-state index in [-0.39, 0.29) is 6.04 Å². The van der Waals surface area contributed by atoms with Gasteiger partial charge >= 0.3 is 6.03 Å². The molecular formula is C24H25Cl2N3O. The minimum atomic E-state index is -0.520. The zero-order valence-corrected chi connectivity index (χ0v) is 18.1. The number of nitrogens with one attached hydrogen (secondary N) is 1. The van der Waals surface area contributed by atoms with E-state index in [1.165, 1.54) is 11.1 Å². The number of carbonyl (C=O) groups is 1. The van der Waals surface area contributed by atoms with E-state index in [0.717, 1.165) is 12.8 Å². The van der Waals surface area contributed by atoms with Gasteiger partial charge in [0.05, 0.1) is 16.1 Å². The quantitative estimate of drug-likeness (QED) is 0.449. The van der Waals surface area contributed by atoms with Crippen molar-refractivity contribution in [1.29, 1.82) is 0 Å². The number of nitrogens with two attached hydrogens (primary N) is 1. The van der Waals surface area contributed by atoms with Crippen molar-refractivity contribution in [2.24, 2.45) is 5.73 Å². The smallest absolute Gasteiger partial charge is 0.319 e. The number of hydrogen-bond donors (Lipinski definition) is 2. The van der Waals surface area contributed by atoms with E-state index in [4.69, 9.17) is 28.9 Å². The summed E-state index contributed by atoms with van der Waals surface area (Å²) >= 11 is 12.3. The van der Waals surface area contributed by atoms with Gasteiger partial charge in [-0.3, -0.25) is 4.90 Å². The van der Waals surface area contributed by atoms with Gasteiger partial charge in [0.1, 0.15) is 0 Å².